The Morgan fingerprint density at radius 1 is 0.810 bits per heavy atom. The van der Waals surface area contributed by atoms with Crippen molar-refractivity contribution in [1.29, 1.82) is 0 Å². The second-order valence-corrected chi connectivity index (χ2v) is 11.6. The molecule has 1 aliphatic rings. The van der Waals surface area contributed by atoms with Crippen LogP contribution in [0.5, 0.6) is 5.75 Å². The SMILES string of the molecule is Brc1cc(/C=N\Nc2nc(Nc3ccccc3)nc(N3CCCCC3)n2)cc(Br)c1OCc1cccc2ccccc12. The van der Waals surface area contributed by atoms with Gasteiger partial charge in [-0.15, -0.1) is 0 Å². The molecule has 0 spiro atoms. The number of aromatic nitrogens is 3. The molecule has 42 heavy (non-hydrogen) atoms. The third-order valence-corrected chi connectivity index (χ3v) is 8.12. The van der Waals surface area contributed by atoms with Crippen molar-refractivity contribution < 1.29 is 4.74 Å². The van der Waals surface area contributed by atoms with Crippen molar-refractivity contribution in [2.75, 3.05) is 28.7 Å². The van der Waals surface area contributed by atoms with E-state index in [4.69, 9.17) is 4.74 Å². The highest BCUT2D eigenvalue weighted by Gasteiger charge is 2.17. The molecule has 10 heteroatoms. The average Bonchev–Trinajstić information content (AvgIpc) is 3.01. The molecule has 1 saturated heterocycles. The van der Waals surface area contributed by atoms with Gasteiger partial charge in [0, 0.05) is 18.8 Å². The predicted octanol–water partition coefficient (Wildman–Crippen LogP) is 8.31. The molecule has 0 bridgehead atoms. The van der Waals surface area contributed by atoms with Gasteiger partial charge in [-0.05, 0) is 97.3 Å². The third-order valence-electron chi connectivity index (χ3n) is 6.94. The first kappa shape index (κ1) is 28.1. The van der Waals surface area contributed by atoms with E-state index in [1.54, 1.807) is 6.21 Å². The van der Waals surface area contributed by atoms with E-state index >= 15 is 0 Å². The highest BCUT2D eigenvalue weighted by Crippen LogP contribution is 2.35. The number of nitrogens with one attached hydrogen (secondary N) is 2. The second kappa shape index (κ2) is 13.3. The number of hydrazone groups is 1. The molecule has 0 radical (unpaired) electrons. The minimum atomic E-state index is 0.369. The molecule has 2 N–H and O–H groups in total. The minimum absolute atomic E-state index is 0.369. The topological polar surface area (TPSA) is 87.6 Å². The van der Waals surface area contributed by atoms with E-state index < -0.39 is 0 Å². The van der Waals surface area contributed by atoms with Gasteiger partial charge in [-0.3, -0.25) is 0 Å². The number of benzene rings is 4. The van der Waals surface area contributed by atoms with Crippen LogP contribution in [-0.4, -0.2) is 34.3 Å². The van der Waals surface area contributed by atoms with Crippen molar-refractivity contribution >= 4 is 72.4 Å². The summed E-state index contributed by atoms with van der Waals surface area (Å²) in [5.41, 5.74) is 5.89. The number of ether oxygens (including phenoxy) is 1. The van der Waals surface area contributed by atoms with E-state index in [2.05, 4.69) is 97.9 Å². The summed E-state index contributed by atoms with van der Waals surface area (Å²) in [5, 5.41) is 10.1. The maximum atomic E-state index is 6.23. The highest BCUT2D eigenvalue weighted by atomic mass is 79.9. The van der Waals surface area contributed by atoms with Crippen LogP contribution in [0.2, 0.25) is 0 Å². The molecule has 0 unspecified atom stereocenters. The van der Waals surface area contributed by atoms with Crippen molar-refractivity contribution in [3.05, 3.63) is 105 Å². The Hall–Kier alpha value is -4.02. The number of hydrogen-bond acceptors (Lipinski definition) is 8. The Morgan fingerprint density at radius 2 is 1.52 bits per heavy atom. The molecule has 2 heterocycles. The Labute approximate surface area is 261 Å². The normalized spacial score (nSPS) is 13.4. The van der Waals surface area contributed by atoms with Gasteiger partial charge in [0.05, 0.1) is 15.2 Å². The van der Waals surface area contributed by atoms with Crippen LogP contribution in [0.25, 0.3) is 10.8 Å². The van der Waals surface area contributed by atoms with Gasteiger partial charge >= 0.3 is 0 Å². The van der Waals surface area contributed by atoms with Gasteiger partial charge in [0.25, 0.3) is 0 Å². The molecule has 0 saturated carbocycles. The Morgan fingerprint density at radius 3 is 2.33 bits per heavy atom. The second-order valence-electron chi connectivity index (χ2n) is 9.93. The first-order valence-corrected chi connectivity index (χ1v) is 15.4. The standard InChI is InChI=1S/C32H29Br2N7O/c33-27-18-22(19-28(34)29(27)42-21-24-12-9-11-23-10-5-6-15-26(23)24)20-35-40-31-37-30(36-25-13-3-1-4-14-25)38-32(39-31)41-16-7-2-8-17-41/h1,3-6,9-15,18-20H,2,7-8,16-17,21H2,(H2,36,37,38,39,40)/b35-20-. The fourth-order valence-electron chi connectivity index (χ4n) is 4.88. The molecule has 0 atom stereocenters. The molecule has 4 aromatic carbocycles. The van der Waals surface area contributed by atoms with Crippen LogP contribution < -0.4 is 20.4 Å². The van der Waals surface area contributed by atoms with Crippen molar-refractivity contribution in [2.24, 2.45) is 5.10 Å². The van der Waals surface area contributed by atoms with Gasteiger partial charge in [0.15, 0.2) is 0 Å². The number of anilines is 4. The van der Waals surface area contributed by atoms with E-state index in [0.717, 1.165) is 57.4 Å². The Balaban J connectivity index is 1.17. The lowest BCUT2D eigenvalue weighted by atomic mass is 10.1. The summed E-state index contributed by atoms with van der Waals surface area (Å²) in [6.45, 7) is 2.30. The number of halogens is 2. The Kier molecular flexibility index (Phi) is 8.91. The zero-order valence-electron chi connectivity index (χ0n) is 22.8. The molecule has 1 aromatic heterocycles. The molecular weight excluding hydrogens is 658 g/mol. The van der Waals surface area contributed by atoms with Crippen LogP contribution in [0.4, 0.5) is 23.5 Å². The molecular formula is C32H29Br2N7O. The lowest BCUT2D eigenvalue weighted by Gasteiger charge is -2.26. The largest absolute Gasteiger partial charge is 0.487 e. The quantitative estimate of drug-likeness (QED) is 0.119. The first-order chi connectivity index (χ1) is 20.6. The van der Waals surface area contributed by atoms with Crippen LogP contribution in [0.3, 0.4) is 0 Å². The van der Waals surface area contributed by atoms with Gasteiger partial charge in [-0.1, -0.05) is 60.7 Å². The van der Waals surface area contributed by atoms with Crippen molar-refractivity contribution in [3.63, 3.8) is 0 Å². The molecule has 5 aromatic rings. The number of fused-ring (bicyclic) bond motifs is 1. The van der Waals surface area contributed by atoms with Gasteiger partial charge < -0.3 is 15.0 Å². The van der Waals surface area contributed by atoms with E-state index in [-0.39, 0.29) is 0 Å². The average molecular weight is 687 g/mol. The van der Waals surface area contributed by atoms with E-state index in [9.17, 15) is 0 Å². The minimum Gasteiger partial charge on any atom is -0.487 e. The maximum absolute atomic E-state index is 6.23. The third kappa shape index (κ3) is 6.88. The van der Waals surface area contributed by atoms with Crippen molar-refractivity contribution in [2.45, 2.75) is 25.9 Å². The molecule has 6 rings (SSSR count). The lowest BCUT2D eigenvalue weighted by molar-refractivity contribution is 0.303. The Bertz CT molecular complexity index is 1680. The fraction of sp³-hybridized carbons (Fsp3) is 0.188. The fourth-order valence-corrected chi connectivity index (χ4v) is 6.33. The number of piperidine rings is 1. The molecule has 1 fully saturated rings. The summed E-state index contributed by atoms with van der Waals surface area (Å²) >= 11 is 7.34. The molecule has 1 aliphatic heterocycles. The van der Waals surface area contributed by atoms with Gasteiger partial charge in [0.2, 0.25) is 17.8 Å². The highest BCUT2D eigenvalue weighted by molar-refractivity contribution is 9.11. The lowest BCUT2D eigenvalue weighted by Crippen LogP contribution is -2.31. The summed E-state index contributed by atoms with van der Waals surface area (Å²) in [6, 6.07) is 28.4. The van der Waals surface area contributed by atoms with Gasteiger partial charge in [0.1, 0.15) is 12.4 Å². The summed E-state index contributed by atoms with van der Waals surface area (Å²) in [4.78, 5) is 16.1. The first-order valence-electron chi connectivity index (χ1n) is 13.8. The van der Waals surface area contributed by atoms with E-state index in [1.807, 2.05) is 54.6 Å². The summed E-state index contributed by atoms with van der Waals surface area (Å²) < 4.78 is 7.87. The van der Waals surface area contributed by atoms with Crippen LogP contribution in [0, 0.1) is 0 Å². The molecule has 8 nitrogen and oxygen atoms in total. The van der Waals surface area contributed by atoms with Crippen molar-refractivity contribution in [3.8, 4) is 5.75 Å². The smallest absolute Gasteiger partial charge is 0.250 e. The van der Waals surface area contributed by atoms with Crippen LogP contribution in [0.1, 0.15) is 30.4 Å². The zero-order chi connectivity index (χ0) is 28.7. The molecule has 212 valence electrons. The molecule has 0 amide bonds. The van der Waals surface area contributed by atoms with Gasteiger partial charge in [-0.25, -0.2) is 5.43 Å². The van der Waals surface area contributed by atoms with Gasteiger partial charge in [-0.2, -0.15) is 20.1 Å². The van der Waals surface area contributed by atoms with Crippen LogP contribution >= 0.6 is 31.9 Å². The van der Waals surface area contributed by atoms with E-state index in [1.165, 1.54) is 17.2 Å². The summed E-state index contributed by atoms with van der Waals surface area (Å²) in [7, 11) is 0. The zero-order valence-corrected chi connectivity index (χ0v) is 26.0. The number of nitrogens with zero attached hydrogens (tertiary/aromatic N) is 5. The number of rotatable bonds is 9. The number of para-hydroxylation sites is 1. The summed E-state index contributed by atoms with van der Waals surface area (Å²) in [5.74, 6) is 2.20. The summed E-state index contributed by atoms with van der Waals surface area (Å²) in [6.07, 6.45) is 5.20. The maximum Gasteiger partial charge on any atom is 0.250 e. The van der Waals surface area contributed by atoms with Crippen LogP contribution in [-0.2, 0) is 6.61 Å². The number of hydrogen-bond donors (Lipinski definition) is 2. The van der Waals surface area contributed by atoms with Crippen molar-refractivity contribution in [1.82, 2.24) is 15.0 Å². The monoisotopic (exact) mass is 685 g/mol. The predicted molar refractivity (Wildman–Crippen MR) is 177 cm³/mol. The molecule has 0 aliphatic carbocycles. The van der Waals surface area contributed by atoms with Crippen LogP contribution in [0.15, 0.2) is 99.0 Å². The van der Waals surface area contributed by atoms with E-state index in [0.29, 0.717) is 24.5 Å².